The fourth-order valence-electron chi connectivity index (χ4n) is 0.820. The Morgan fingerprint density at radius 1 is 1.58 bits per heavy atom. The van der Waals surface area contributed by atoms with Crippen LogP contribution in [0.15, 0.2) is 15.9 Å². The van der Waals surface area contributed by atoms with E-state index in [0.29, 0.717) is 4.88 Å². The van der Waals surface area contributed by atoms with Crippen molar-refractivity contribution in [1.29, 1.82) is 0 Å². The van der Waals surface area contributed by atoms with Crippen molar-refractivity contribution in [3.63, 3.8) is 0 Å². The quantitative estimate of drug-likeness (QED) is 0.747. The van der Waals surface area contributed by atoms with Gasteiger partial charge in [0.05, 0.1) is 6.10 Å². The molecule has 5 heteroatoms. The lowest BCUT2D eigenvalue weighted by molar-refractivity contribution is 0.0262. The maximum Gasteiger partial charge on any atom is 0.116 e. The van der Waals surface area contributed by atoms with E-state index < -0.39 is 12.2 Å². The highest BCUT2D eigenvalue weighted by molar-refractivity contribution is 9.10. The van der Waals surface area contributed by atoms with Gasteiger partial charge in [-0.25, -0.2) is 0 Å². The molecule has 4 N–H and O–H groups in total. The van der Waals surface area contributed by atoms with Gasteiger partial charge in [-0.3, -0.25) is 0 Å². The molecule has 1 aromatic heterocycles. The van der Waals surface area contributed by atoms with Crippen LogP contribution in [0.25, 0.3) is 0 Å². The molecule has 68 valence electrons. The molecular formula is C7H10BrNO2S. The Hall–Kier alpha value is 0.0600. The molecule has 0 amide bonds. The summed E-state index contributed by atoms with van der Waals surface area (Å²) in [4.78, 5) is 0.716. The molecule has 0 aliphatic heterocycles. The van der Waals surface area contributed by atoms with Crippen LogP contribution in [-0.4, -0.2) is 22.9 Å². The summed E-state index contributed by atoms with van der Waals surface area (Å²) in [5.74, 6) is 0. The van der Waals surface area contributed by atoms with Crippen LogP contribution >= 0.6 is 27.3 Å². The lowest BCUT2D eigenvalue weighted by atomic mass is 10.2. The Morgan fingerprint density at radius 2 is 2.25 bits per heavy atom. The summed E-state index contributed by atoms with van der Waals surface area (Å²) < 4.78 is 0.813. The fourth-order valence-corrected chi connectivity index (χ4v) is 2.47. The van der Waals surface area contributed by atoms with Crippen molar-refractivity contribution in [1.82, 2.24) is 0 Å². The Kier molecular flexibility index (Phi) is 3.67. The number of hydrogen-bond acceptors (Lipinski definition) is 4. The van der Waals surface area contributed by atoms with Gasteiger partial charge in [0.1, 0.15) is 6.10 Å². The summed E-state index contributed by atoms with van der Waals surface area (Å²) in [5.41, 5.74) is 5.21. The van der Waals surface area contributed by atoms with Gasteiger partial charge in [-0.15, -0.1) is 11.3 Å². The van der Waals surface area contributed by atoms with Crippen molar-refractivity contribution < 1.29 is 10.2 Å². The topological polar surface area (TPSA) is 66.5 Å². The van der Waals surface area contributed by atoms with Gasteiger partial charge in [-0.05, 0) is 27.4 Å². The van der Waals surface area contributed by atoms with Crippen LogP contribution in [-0.2, 0) is 0 Å². The van der Waals surface area contributed by atoms with E-state index in [1.807, 2.05) is 11.4 Å². The van der Waals surface area contributed by atoms with Gasteiger partial charge in [-0.2, -0.15) is 0 Å². The standard InChI is InChI=1S/C7H10BrNO2S/c8-4-1-2-12-7(4)6(11)5(10)3-9/h1-2,5-6,10-11H,3,9H2. The van der Waals surface area contributed by atoms with E-state index >= 15 is 0 Å². The lowest BCUT2D eigenvalue weighted by Crippen LogP contribution is -2.26. The second kappa shape index (κ2) is 4.34. The average Bonchev–Trinajstić information content (AvgIpc) is 2.48. The van der Waals surface area contributed by atoms with Crippen LogP contribution in [0.1, 0.15) is 11.0 Å². The van der Waals surface area contributed by atoms with Crippen LogP contribution in [0.3, 0.4) is 0 Å². The zero-order valence-electron chi connectivity index (χ0n) is 6.27. The largest absolute Gasteiger partial charge is 0.389 e. The number of aliphatic hydroxyl groups excluding tert-OH is 2. The van der Waals surface area contributed by atoms with Crippen molar-refractivity contribution in [3.05, 3.63) is 20.8 Å². The molecule has 0 aliphatic rings. The third-order valence-corrected chi connectivity index (χ3v) is 3.46. The van der Waals surface area contributed by atoms with Crippen molar-refractivity contribution in [2.75, 3.05) is 6.54 Å². The van der Waals surface area contributed by atoms with E-state index in [0.717, 1.165) is 4.47 Å². The summed E-state index contributed by atoms with van der Waals surface area (Å²) in [6.07, 6.45) is -1.77. The van der Waals surface area contributed by atoms with Gasteiger partial charge < -0.3 is 15.9 Å². The summed E-state index contributed by atoms with van der Waals surface area (Å²) in [6, 6.07) is 1.83. The van der Waals surface area contributed by atoms with Gasteiger partial charge in [0, 0.05) is 15.9 Å². The number of aliphatic hydroxyl groups is 2. The summed E-state index contributed by atoms with van der Waals surface area (Å²) in [6.45, 7) is 0.0610. The first kappa shape index (κ1) is 10.1. The maximum absolute atomic E-state index is 9.51. The minimum Gasteiger partial charge on any atom is -0.389 e. The SMILES string of the molecule is NCC(O)C(O)c1sccc1Br. The minimum atomic E-state index is -0.889. The zero-order valence-corrected chi connectivity index (χ0v) is 8.68. The number of nitrogens with two attached hydrogens (primary N) is 1. The van der Waals surface area contributed by atoms with E-state index in [2.05, 4.69) is 15.9 Å². The van der Waals surface area contributed by atoms with Gasteiger partial charge >= 0.3 is 0 Å². The fraction of sp³-hybridized carbons (Fsp3) is 0.429. The van der Waals surface area contributed by atoms with Crippen molar-refractivity contribution >= 4 is 27.3 Å². The summed E-state index contributed by atoms with van der Waals surface area (Å²) >= 11 is 4.65. The normalized spacial score (nSPS) is 16.0. The van der Waals surface area contributed by atoms with Gasteiger partial charge in [0.25, 0.3) is 0 Å². The molecule has 2 unspecified atom stereocenters. The van der Waals surface area contributed by atoms with Crippen LogP contribution in [0.2, 0.25) is 0 Å². The minimum absolute atomic E-state index is 0.0610. The van der Waals surface area contributed by atoms with Crippen molar-refractivity contribution in [2.24, 2.45) is 5.73 Å². The summed E-state index contributed by atoms with van der Waals surface area (Å²) in [5, 5.41) is 20.6. The molecule has 12 heavy (non-hydrogen) atoms. The monoisotopic (exact) mass is 251 g/mol. The van der Waals surface area contributed by atoms with E-state index in [4.69, 9.17) is 5.73 Å². The predicted molar refractivity (Wildman–Crippen MR) is 52.0 cm³/mol. The maximum atomic E-state index is 9.51. The zero-order chi connectivity index (χ0) is 9.14. The average molecular weight is 252 g/mol. The van der Waals surface area contributed by atoms with Crippen molar-refractivity contribution in [2.45, 2.75) is 12.2 Å². The molecule has 0 saturated heterocycles. The molecule has 1 heterocycles. The molecule has 0 fully saturated rings. The van der Waals surface area contributed by atoms with Gasteiger partial charge in [0.15, 0.2) is 0 Å². The Morgan fingerprint density at radius 3 is 2.67 bits per heavy atom. The predicted octanol–water partition coefficient (Wildman–Crippen LogP) is 0.864. The molecule has 0 spiro atoms. The lowest BCUT2D eigenvalue weighted by Gasteiger charge is -2.14. The third-order valence-electron chi connectivity index (χ3n) is 1.52. The van der Waals surface area contributed by atoms with E-state index in [-0.39, 0.29) is 6.54 Å². The van der Waals surface area contributed by atoms with Gasteiger partial charge in [0.2, 0.25) is 0 Å². The number of rotatable bonds is 3. The number of hydrogen-bond donors (Lipinski definition) is 3. The number of thiophene rings is 1. The van der Waals surface area contributed by atoms with Gasteiger partial charge in [-0.1, -0.05) is 0 Å². The van der Waals surface area contributed by atoms with E-state index in [1.165, 1.54) is 11.3 Å². The van der Waals surface area contributed by atoms with E-state index in [1.54, 1.807) is 0 Å². The van der Waals surface area contributed by atoms with Crippen LogP contribution in [0.4, 0.5) is 0 Å². The van der Waals surface area contributed by atoms with E-state index in [9.17, 15) is 10.2 Å². The first-order valence-corrected chi connectivity index (χ1v) is 5.13. The Labute approximate surface area is 83.0 Å². The molecule has 0 radical (unpaired) electrons. The second-order valence-corrected chi connectivity index (χ2v) is 4.18. The molecular weight excluding hydrogens is 242 g/mol. The highest BCUT2D eigenvalue weighted by Gasteiger charge is 2.19. The third kappa shape index (κ3) is 2.05. The molecule has 0 bridgehead atoms. The Bertz CT molecular complexity index is 253. The highest BCUT2D eigenvalue weighted by Crippen LogP contribution is 2.30. The first-order valence-electron chi connectivity index (χ1n) is 3.46. The Balaban J connectivity index is 2.77. The first-order chi connectivity index (χ1) is 5.66. The molecule has 1 aromatic rings. The molecule has 3 nitrogen and oxygen atoms in total. The second-order valence-electron chi connectivity index (χ2n) is 2.38. The smallest absolute Gasteiger partial charge is 0.116 e. The van der Waals surface area contributed by atoms with Crippen LogP contribution < -0.4 is 5.73 Å². The summed E-state index contributed by atoms with van der Waals surface area (Å²) in [7, 11) is 0. The molecule has 2 atom stereocenters. The molecule has 1 rings (SSSR count). The molecule has 0 saturated carbocycles. The molecule has 0 aromatic carbocycles. The molecule has 0 aliphatic carbocycles. The van der Waals surface area contributed by atoms with Crippen molar-refractivity contribution in [3.8, 4) is 0 Å². The number of halogens is 1. The highest BCUT2D eigenvalue weighted by atomic mass is 79.9. The van der Waals surface area contributed by atoms with Crippen LogP contribution in [0, 0.1) is 0 Å². The van der Waals surface area contributed by atoms with Crippen LogP contribution in [0.5, 0.6) is 0 Å².